The van der Waals surface area contributed by atoms with Crippen LogP contribution in [0.2, 0.25) is 0 Å². The fourth-order valence-electron chi connectivity index (χ4n) is 2.68. The summed E-state index contributed by atoms with van der Waals surface area (Å²) in [6.07, 6.45) is 1.13. The highest BCUT2D eigenvalue weighted by atomic mass is 32.1. The zero-order valence-electron chi connectivity index (χ0n) is 10.4. The van der Waals surface area contributed by atoms with E-state index in [-0.39, 0.29) is 0 Å². The number of rotatable bonds is 2. The second-order valence-electron chi connectivity index (χ2n) is 4.73. The van der Waals surface area contributed by atoms with Crippen molar-refractivity contribution in [2.45, 2.75) is 33.1 Å². The quantitative estimate of drug-likeness (QED) is 0.546. The molecule has 0 aliphatic rings. The topological polar surface area (TPSA) is 0 Å². The summed E-state index contributed by atoms with van der Waals surface area (Å²) in [5, 5.41) is 7.44. The molecule has 0 aliphatic heterocycles. The molecule has 0 nitrogen and oxygen atoms in total. The van der Waals surface area contributed by atoms with Crippen molar-refractivity contribution in [2.24, 2.45) is 0 Å². The van der Waals surface area contributed by atoms with Crippen LogP contribution < -0.4 is 0 Å². The summed E-state index contributed by atoms with van der Waals surface area (Å²) in [7, 11) is 0. The molecule has 0 saturated carbocycles. The van der Waals surface area contributed by atoms with Crippen LogP contribution in [0.4, 0.5) is 0 Å². The van der Waals surface area contributed by atoms with E-state index in [1.165, 1.54) is 25.7 Å². The van der Waals surface area contributed by atoms with Gasteiger partial charge in [0.25, 0.3) is 0 Å². The highest BCUT2D eigenvalue weighted by Crippen LogP contribution is 2.41. The number of fused-ring (bicyclic) bond motifs is 2. The van der Waals surface area contributed by atoms with Crippen molar-refractivity contribution in [1.29, 1.82) is 0 Å². The molecule has 3 aromatic rings. The van der Waals surface area contributed by atoms with E-state index < -0.39 is 0 Å². The summed E-state index contributed by atoms with van der Waals surface area (Å²) < 4.78 is 3.00. The molecule has 3 rings (SSSR count). The van der Waals surface area contributed by atoms with Gasteiger partial charge in [0.1, 0.15) is 0 Å². The van der Waals surface area contributed by atoms with E-state index in [4.69, 9.17) is 0 Å². The molecular formula is C15H16S2. The fourth-order valence-corrected chi connectivity index (χ4v) is 4.85. The van der Waals surface area contributed by atoms with Crippen molar-refractivity contribution in [1.82, 2.24) is 0 Å². The number of thiophene rings is 2. The molecule has 88 valence electrons. The molecule has 0 fully saturated rings. The third kappa shape index (κ3) is 1.54. The average molecular weight is 260 g/mol. The van der Waals surface area contributed by atoms with Gasteiger partial charge in [-0.1, -0.05) is 20.8 Å². The zero-order chi connectivity index (χ0) is 12.0. The third-order valence-corrected chi connectivity index (χ3v) is 5.32. The maximum absolute atomic E-state index is 2.30. The van der Waals surface area contributed by atoms with Crippen molar-refractivity contribution in [3.63, 3.8) is 0 Å². The minimum Gasteiger partial charge on any atom is -0.143 e. The Balaban J connectivity index is 2.58. The van der Waals surface area contributed by atoms with Gasteiger partial charge in [-0.3, -0.25) is 0 Å². The molecule has 0 atom stereocenters. The van der Waals surface area contributed by atoms with Crippen molar-refractivity contribution < 1.29 is 0 Å². The Morgan fingerprint density at radius 1 is 1.00 bits per heavy atom. The van der Waals surface area contributed by atoms with Crippen LogP contribution in [0.15, 0.2) is 22.9 Å². The minimum atomic E-state index is 0.596. The van der Waals surface area contributed by atoms with Crippen LogP contribution in [0.3, 0.4) is 0 Å². The van der Waals surface area contributed by atoms with Gasteiger partial charge in [-0.25, -0.2) is 0 Å². The van der Waals surface area contributed by atoms with E-state index >= 15 is 0 Å². The molecule has 0 bridgehead atoms. The first-order valence-corrected chi connectivity index (χ1v) is 7.89. The molecule has 2 aromatic heterocycles. The molecule has 0 amide bonds. The van der Waals surface area contributed by atoms with E-state index in [1.54, 1.807) is 5.56 Å². The van der Waals surface area contributed by atoms with Gasteiger partial charge in [-0.15, -0.1) is 22.7 Å². The van der Waals surface area contributed by atoms with Crippen molar-refractivity contribution in [3.05, 3.63) is 34.0 Å². The fraction of sp³-hybridized carbons (Fsp3) is 0.333. The van der Waals surface area contributed by atoms with Gasteiger partial charge in [0.15, 0.2) is 0 Å². The summed E-state index contributed by atoms with van der Waals surface area (Å²) >= 11 is 3.79. The molecule has 2 heterocycles. The summed E-state index contributed by atoms with van der Waals surface area (Å²) in [6, 6.07) is 4.59. The van der Waals surface area contributed by atoms with Gasteiger partial charge < -0.3 is 0 Å². The van der Waals surface area contributed by atoms with Gasteiger partial charge in [0.05, 0.1) is 0 Å². The van der Waals surface area contributed by atoms with Gasteiger partial charge in [-0.2, -0.15) is 0 Å². The second-order valence-corrected chi connectivity index (χ2v) is 6.56. The van der Waals surface area contributed by atoms with E-state index in [1.807, 2.05) is 22.7 Å². The number of hydrogen-bond acceptors (Lipinski definition) is 2. The molecule has 17 heavy (non-hydrogen) atoms. The molecule has 1 aromatic carbocycles. The number of aryl methyl sites for hydroxylation is 1. The highest BCUT2D eigenvalue weighted by Gasteiger charge is 2.16. The van der Waals surface area contributed by atoms with Gasteiger partial charge in [0, 0.05) is 9.40 Å². The molecule has 0 aliphatic carbocycles. The zero-order valence-corrected chi connectivity index (χ0v) is 12.0. The first kappa shape index (κ1) is 11.2. The Hall–Kier alpha value is -0.860. The molecule has 0 radical (unpaired) electrons. The normalized spacial score (nSPS) is 12.0. The van der Waals surface area contributed by atoms with Crippen LogP contribution in [0, 0.1) is 0 Å². The Kier molecular flexibility index (Phi) is 2.72. The van der Waals surface area contributed by atoms with Gasteiger partial charge >= 0.3 is 0 Å². The monoisotopic (exact) mass is 260 g/mol. The first-order chi connectivity index (χ1) is 8.24. The Morgan fingerprint density at radius 2 is 1.65 bits per heavy atom. The lowest BCUT2D eigenvalue weighted by Gasteiger charge is -2.12. The Labute approximate surface area is 110 Å². The molecular weight excluding hydrogens is 244 g/mol. The largest absolute Gasteiger partial charge is 0.143 e. The SMILES string of the molecule is CCc1c2ccsc2c(C(C)C)c2ccsc12. The molecule has 0 spiro atoms. The molecule has 0 saturated heterocycles. The van der Waals surface area contributed by atoms with Crippen LogP contribution in [0.1, 0.15) is 37.8 Å². The Bertz CT molecular complexity index is 619. The van der Waals surface area contributed by atoms with Gasteiger partial charge in [-0.05, 0) is 57.1 Å². The summed E-state index contributed by atoms with van der Waals surface area (Å²) in [6.45, 7) is 6.87. The predicted molar refractivity (Wildman–Crippen MR) is 80.7 cm³/mol. The predicted octanol–water partition coefficient (Wildman–Crippen LogP) is 5.80. The van der Waals surface area contributed by atoms with Crippen LogP contribution in [-0.2, 0) is 6.42 Å². The molecule has 0 N–H and O–H groups in total. The van der Waals surface area contributed by atoms with Crippen molar-refractivity contribution in [2.75, 3.05) is 0 Å². The maximum atomic E-state index is 2.30. The summed E-state index contributed by atoms with van der Waals surface area (Å²) in [5.74, 6) is 0.596. The third-order valence-electron chi connectivity index (χ3n) is 3.40. The van der Waals surface area contributed by atoms with Crippen LogP contribution in [0.25, 0.3) is 20.2 Å². The van der Waals surface area contributed by atoms with E-state index in [0.717, 1.165) is 6.42 Å². The lowest BCUT2D eigenvalue weighted by atomic mass is 9.94. The van der Waals surface area contributed by atoms with Crippen LogP contribution >= 0.6 is 22.7 Å². The lowest BCUT2D eigenvalue weighted by molar-refractivity contribution is 0.887. The second kappa shape index (κ2) is 4.11. The number of hydrogen-bond donors (Lipinski definition) is 0. The van der Waals surface area contributed by atoms with Crippen LogP contribution in [-0.4, -0.2) is 0 Å². The lowest BCUT2D eigenvalue weighted by Crippen LogP contribution is -1.92. The van der Waals surface area contributed by atoms with Crippen LogP contribution in [0.5, 0.6) is 0 Å². The van der Waals surface area contributed by atoms with Crippen molar-refractivity contribution in [3.8, 4) is 0 Å². The molecule has 2 heteroatoms. The minimum absolute atomic E-state index is 0.596. The summed E-state index contributed by atoms with van der Waals surface area (Å²) in [4.78, 5) is 0. The average Bonchev–Trinajstić information content (AvgIpc) is 2.92. The van der Waals surface area contributed by atoms with E-state index in [0.29, 0.717) is 5.92 Å². The van der Waals surface area contributed by atoms with E-state index in [9.17, 15) is 0 Å². The van der Waals surface area contributed by atoms with E-state index in [2.05, 4.69) is 43.7 Å². The molecule has 0 unspecified atom stereocenters. The highest BCUT2D eigenvalue weighted by molar-refractivity contribution is 7.19. The number of benzene rings is 1. The first-order valence-electron chi connectivity index (χ1n) is 6.13. The standard InChI is InChI=1S/C15H16S2/c1-4-10-11-5-7-17-15(11)13(9(2)3)12-6-8-16-14(10)12/h5-9H,4H2,1-3H3. The van der Waals surface area contributed by atoms with Gasteiger partial charge in [0.2, 0.25) is 0 Å². The van der Waals surface area contributed by atoms with Crippen molar-refractivity contribution >= 4 is 42.8 Å². The summed E-state index contributed by atoms with van der Waals surface area (Å²) in [5.41, 5.74) is 3.08. The maximum Gasteiger partial charge on any atom is 0.0387 e. The smallest absolute Gasteiger partial charge is 0.0387 e. The Morgan fingerprint density at radius 3 is 2.29 bits per heavy atom.